The number of rotatable bonds is 3. The molecule has 3 nitrogen and oxygen atoms in total. The third-order valence-corrected chi connectivity index (χ3v) is 5.42. The lowest BCUT2D eigenvalue weighted by Gasteiger charge is -2.43. The molecule has 2 saturated heterocycles. The van der Waals surface area contributed by atoms with Gasteiger partial charge < -0.3 is 9.64 Å². The van der Waals surface area contributed by atoms with Crippen molar-refractivity contribution in [1.82, 2.24) is 4.90 Å². The van der Waals surface area contributed by atoms with Gasteiger partial charge in [-0.1, -0.05) is 60.7 Å². The van der Waals surface area contributed by atoms with Crippen LogP contribution in [0.1, 0.15) is 36.4 Å². The zero-order valence-corrected chi connectivity index (χ0v) is 13.9. The van der Waals surface area contributed by atoms with E-state index < -0.39 is 0 Å². The van der Waals surface area contributed by atoms with E-state index in [0.717, 1.165) is 32.6 Å². The monoisotopic (exact) mass is 321 g/mol. The zero-order chi connectivity index (χ0) is 16.4. The lowest BCUT2D eigenvalue weighted by molar-refractivity contribution is -0.139. The third-order valence-electron chi connectivity index (χ3n) is 5.42. The van der Waals surface area contributed by atoms with Crippen LogP contribution in [-0.4, -0.2) is 30.6 Å². The molecule has 2 fully saturated rings. The summed E-state index contributed by atoms with van der Waals surface area (Å²) in [4.78, 5) is 14.9. The van der Waals surface area contributed by atoms with Crippen LogP contribution < -0.4 is 0 Å². The van der Waals surface area contributed by atoms with Crippen molar-refractivity contribution in [3.63, 3.8) is 0 Å². The lowest BCUT2D eigenvalue weighted by atomic mass is 9.78. The summed E-state index contributed by atoms with van der Waals surface area (Å²) in [6.07, 6.45) is 2.64. The molecule has 1 atom stereocenters. The molecular formula is C21H23NO2. The number of carbonyl (C=O) groups is 1. The van der Waals surface area contributed by atoms with E-state index in [1.54, 1.807) is 0 Å². The van der Waals surface area contributed by atoms with Crippen molar-refractivity contribution < 1.29 is 9.53 Å². The summed E-state index contributed by atoms with van der Waals surface area (Å²) in [5, 5.41) is 0. The number of amides is 1. The van der Waals surface area contributed by atoms with Gasteiger partial charge in [0.05, 0.1) is 12.6 Å². The molecule has 0 N–H and O–H groups in total. The molecule has 2 aromatic rings. The van der Waals surface area contributed by atoms with Crippen LogP contribution >= 0.6 is 0 Å². The maximum absolute atomic E-state index is 12.8. The van der Waals surface area contributed by atoms with Gasteiger partial charge in [-0.25, -0.2) is 0 Å². The van der Waals surface area contributed by atoms with E-state index in [1.165, 1.54) is 11.1 Å². The molecule has 0 bridgehead atoms. The fourth-order valence-electron chi connectivity index (χ4n) is 4.07. The van der Waals surface area contributed by atoms with Crippen LogP contribution in [0.5, 0.6) is 0 Å². The van der Waals surface area contributed by atoms with Crippen molar-refractivity contribution in [3.05, 3.63) is 71.8 Å². The second-order valence-corrected chi connectivity index (χ2v) is 7.05. The lowest BCUT2D eigenvalue weighted by Crippen LogP contribution is -2.48. The summed E-state index contributed by atoms with van der Waals surface area (Å²) in [6.45, 7) is 2.40. The van der Waals surface area contributed by atoms with Crippen LogP contribution in [0.2, 0.25) is 0 Å². The van der Waals surface area contributed by atoms with Crippen LogP contribution in [0, 0.1) is 5.41 Å². The van der Waals surface area contributed by atoms with Crippen LogP contribution in [0.25, 0.3) is 0 Å². The molecule has 0 saturated carbocycles. The van der Waals surface area contributed by atoms with E-state index >= 15 is 0 Å². The van der Waals surface area contributed by atoms with Gasteiger partial charge in [0.1, 0.15) is 0 Å². The summed E-state index contributed by atoms with van der Waals surface area (Å²) in [5.41, 5.74) is 2.50. The molecule has 4 rings (SSSR count). The van der Waals surface area contributed by atoms with Crippen molar-refractivity contribution in [2.45, 2.75) is 25.3 Å². The molecule has 0 aliphatic carbocycles. The Morgan fingerprint density at radius 3 is 2.08 bits per heavy atom. The van der Waals surface area contributed by atoms with Gasteiger partial charge in [0.2, 0.25) is 5.91 Å². The number of hydrogen-bond acceptors (Lipinski definition) is 2. The Kier molecular flexibility index (Phi) is 4.11. The highest BCUT2D eigenvalue weighted by Crippen LogP contribution is 2.42. The Morgan fingerprint density at radius 2 is 1.54 bits per heavy atom. The SMILES string of the molecule is O=C1CC[C@]2(CCOC2)CN1C(c1ccccc1)c1ccccc1. The van der Waals surface area contributed by atoms with E-state index in [2.05, 4.69) is 29.2 Å². The Labute approximate surface area is 143 Å². The Bertz CT molecular complexity index is 653. The van der Waals surface area contributed by atoms with E-state index in [9.17, 15) is 4.79 Å². The molecule has 0 aromatic heterocycles. The highest BCUT2D eigenvalue weighted by molar-refractivity contribution is 5.78. The van der Waals surface area contributed by atoms with E-state index in [1.807, 2.05) is 36.4 Å². The smallest absolute Gasteiger partial charge is 0.223 e. The quantitative estimate of drug-likeness (QED) is 0.860. The van der Waals surface area contributed by atoms with Gasteiger partial charge in [-0.15, -0.1) is 0 Å². The van der Waals surface area contributed by atoms with Gasteiger partial charge in [-0.3, -0.25) is 4.79 Å². The number of nitrogens with zero attached hydrogens (tertiary/aromatic N) is 1. The fraction of sp³-hybridized carbons (Fsp3) is 0.381. The molecule has 2 heterocycles. The molecule has 1 amide bonds. The van der Waals surface area contributed by atoms with Crippen molar-refractivity contribution in [2.75, 3.05) is 19.8 Å². The molecule has 24 heavy (non-hydrogen) atoms. The summed E-state index contributed by atoms with van der Waals surface area (Å²) in [6, 6.07) is 20.7. The first kappa shape index (κ1) is 15.4. The average Bonchev–Trinajstić information content (AvgIpc) is 3.09. The molecule has 2 aliphatic rings. The first-order chi connectivity index (χ1) is 11.8. The number of hydrogen-bond donors (Lipinski definition) is 0. The highest BCUT2D eigenvalue weighted by atomic mass is 16.5. The predicted molar refractivity (Wildman–Crippen MR) is 93.5 cm³/mol. The molecule has 0 radical (unpaired) electrons. The minimum absolute atomic E-state index is 0.0160. The highest BCUT2D eigenvalue weighted by Gasteiger charge is 2.44. The van der Waals surface area contributed by atoms with Crippen LogP contribution in [-0.2, 0) is 9.53 Å². The summed E-state index contributed by atoms with van der Waals surface area (Å²) in [5.74, 6) is 0.255. The number of likely N-dealkylation sites (tertiary alicyclic amines) is 1. The fourth-order valence-corrected chi connectivity index (χ4v) is 4.07. The Morgan fingerprint density at radius 1 is 0.917 bits per heavy atom. The number of carbonyl (C=O) groups excluding carboxylic acids is 1. The minimum atomic E-state index is -0.0160. The number of ether oxygens (including phenoxy) is 1. The standard InChI is InChI=1S/C21H23NO2/c23-19-11-12-21(13-14-24-16-21)15-22(19)20(17-7-3-1-4-8-17)18-9-5-2-6-10-18/h1-10,20H,11-16H2/t21-/m0/s1. The molecule has 0 unspecified atom stereocenters. The van der Waals surface area contributed by atoms with Gasteiger partial charge in [0, 0.05) is 25.0 Å². The Balaban J connectivity index is 1.73. The number of piperidine rings is 1. The third kappa shape index (κ3) is 2.84. The molecule has 124 valence electrons. The van der Waals surface area contributed by atoms with Crippen molar-refractivity contribution in [3.8, 4) is 0 Å². The maximum Gasteiger partial charge on any atom is 0.223 e. The van der Waals surface area contributed by atoms with Crippen molar-refractivity contribution >= 4 is 5.91 Å². The molecule has 1 spiro atoms. The Hall–Kier alpha value is -2.13. The first-order valence-corrected chi connectivity index (χ1v) is 8.75. The molecule has 2 aromatic carbocycles. The molecular weight excluding hydrogens is 298 g/mol. The summed E-state index contributed by atoms with van der Waals surface area (Å²) < 4.78 is 5.67. The van der Waals surface area contributed by atoms with E-state index in [0.29, 0.717) is 6.42 Å². The summed E-state index contributed by atoms with van der Waals surface area (Å²) >= 11 is 0. The van der Waals surface area contributed by atoms with Crippen LogP contribution in [0.3, 0.4) is 0 Å². The van der Waals surface area contributed by atoms with Crippen molar-refractivity contribution in [1.29, 1.82) is 0 Å². The van der Waals surface area contributed by atoms with Gasteiger partial charge in [-0.05, 0) is 24.0 Å². The van der Waals surface area contributed by atoms with Crippen LogP contribution in [0.4, 0.5) is 0 Å². The van der Waals surface area contributed by atoms with E-state index in [4.69, 9.17) is 4.74 Å². The molecule has 3 heteroatoms. The zero-order valence-electron chi connectivity index (χ0n) is 13.9. The second-order valence-electron chi connectivity index (χ2n) is 7.05. The summed E-state index contributed by atoms with van der Waals surface area (Å²) in [7, 11) is 0. The average molecular weight is 321 g/mol. The second kappa shape index (κ2) is 6.40. The van der Waals surface area contributed by atoms with Gasteiger partial charge >= 0.3 is 0 Å². The van der Waals surface area contributed by atoms with Crippen molar-refractivity contribution in [2.24, 2.45) is 5.41 Å². The normalized spacial score (nSPS) is 24.0. The largest absolute Gasteiger partial charge is 0.381 e. The minimum Gasteiger partial charge on any atom is -0.381 e. The van der Waals surface area contributed by atoms with Gasteiger partial charge in [-0.2, -0.15) is 0 Å². The van der Waals surface area contributed by atoms with Gasteiger partial charge in [0.25, 0.3) is 0 Å². The first-order valence-electron chi connectivity index (χ1n) is 8.75. The maximum atomic E-state index is 12.8. The topological polar surface area (TPSA) is 29.5 Å². The van der Waals surface area contributed by atoms with Gasteiger partial charge in [0.15, 0.2) is 0 Å². The van der Waals surface area contributed by atoms with Crippen LogP contribution in [0.15, 0.2) is 60.7 Å². The predicted octanol–water partition coefficient (Wildman–Crippen LogP) is 3.81. The molecule has 2 aliphatic heterocycles. The van der Waals surface area contributed by atoms with E-state index in [-0.39, 0.29) is 17.4 Å². The number of benzene rings is 2.